The number of hydrogen-bond acceptors (Lipinski definition) is 5. The lowest BCUT2D eigenvalue weighted by Gasteiger charge is -2.34. The number of nitrogens with zero attached hydrogens (tertiary/aromatic N) is 1. The highest BCUT2D eigenvalue weighted by molar-refractivity contribution is 7.90. The molecule has 1 unspecified atom stereocenters. The molecule has 4 aromatic rings. The standard InChI is InChI=1S/C29H26N2O5S/c1-20-12-14-24(15-13-20)37(34,35)31-19-26(25-10-6-7-11-27(25)31)29(18-23(32)16-17-36-29)28(33)30-21(2)22-8-4-3-5-9-22/h3-17,19,21H,18H2,1-2H3,(H,30,33)/t21-,29?/m1/s1. The summed E-state index contributed by atoms with van der Waals surface area (Å²) in [5, 5.41) is 3.47. The molecular weight excluding hydrogens is 488 g/mol. The van der Waals surface area contributed by atoms with Crippen molar-refractivity contribution in [2.75, 3.05) is 0 Å². The van der Waals surface area contributed by atoms with E-state index < -0.39 is 21.5 Å². The summed E-state index contributed by atoms with van der Waals surface area (Å²) in [5.41, 5.74) is 0.748. The highest BCUT2D eigenvalue weighted by Gasteiger charge is 2.48. The van der Waals surface area contributed by atoms with Gasteiger partial charge in [0.25, 0.3) is 15.9 Å². The van der Waals surface area contributed by atoms with E-state index in [0.717, 1.165) is 15.1 Å². The molecule has 0 saturated carbocycles. The van der Waals surface area contributed by atoms with E-state index in [2.05, 4.69) is 5.32 Å². The van der Waals surface area contributed by atoms with Crippen LogP contribution in [0.25, 0.3) is 10.9 Å². The van der Waals surface area contributed by atoms with Crippen molar-refractivity contribution in [3.63, 3.8) is 0 Å². The minimum Gasteiger partial charge on any atom is -0.480 e. The molecule has 1 aliphatic heterocycles. The van der Waals surface area contributed by atoms with Crippen molar-refractivity contribution in [2.45, 2.75) is 36.8 Å². The third-order valence-electron chi connectivity index (χ3n) is 6.65. The highest BCUT2D eigenvalue weighted by atomic mass is 32.2. The topological polar surface area (TPSA) is 94.5 Å². The van der Waals surface area contributed by atoms with Gasteiger partial charge in [0.2, 0.25) is 5.60 Å². The van der Waals surface area contributed by atoms with Crippen LogP contribution in [0.1, 0.15) is 36.1 Å². The molecule has 0 fully saturated rings. The van der Waals surface area contributed by atoms with Gasteiger partial charge in [-0.1, -0.05) is 66.2 Å². The average Bonchev–Trinajstić information content (AvgIpc) is 3.30. The van der Waals surface area contributed by atoms with Gasteiger partial charge < -0.3 is 10.1 Å². The SMILES string of the molecule is Cc1ccc(S(=O)(=O)n2cc(C3(C(=O)N[C@H](C)c4ccccc4)CC(=O)C=CO3)c3ccccc32)cc1. The Morgan fingerprint density at radius 3 is 2.38 bits per heavy atom. The lowest BCUT2D eigenvalue weighted by Crippen LogP contribution is -2.48. The van der Waals surface area contributed by atoms with E-state index in [1.54, 1.807) is 48.5 Å². The third-order valence-corrected chi connectivity index (χ3v) is 8.34. The zero-order valence-electron chi connectivity index (χ0n) is 20.4. The molecule has 188 valence electrons. The van der Waals surface area contributed by atoms with Crippen LogP contribution in [0.4, 0.5) is 0 Å². The third kappa shape index (κ3) is 4.34. The maximum atomic E-state index is 13.9. The molecule has 0 aliphatic carbocycles. The predicted molar refractivity (Wildman–Crippen MR) is 140 cm³/mol. The molecule has 8 heteroatoms. The molecule has 3 aromatic carbocycles. The zero-order chi connectivity index (χ0) is 26.2. The largest absolute Gasteiger partial charge is 0.480 e. The van der Waals surface area contributed by atoms with E-state index in [1.807, 2.05) is 44.2 Å². The number of allylic oxidation sites excluding steroid dienone is 1. The first kappa shape index (κ1) is 24.5. The number of fused-ring (bicyclic) bond motifs is 1. The smallest absolute Gasteiger partial charge is 0.269 e. The Morgan fingerprint density at radius 2 is 1.68 bits per heavy atom. The van der Waals surface area contributed by atoms with Gasteiger partial charge in [-0.15, -0.1) is 0 Å². The summed E-state index contributed by atoms with van der Waals surface area (Å²) in [4.78, 5) is 26.6. The molecule has 5 rings (SSSR count). The Hall–Kier alpha value is -4.17. The van der Waals surface area contributed by atoms with E-state index in [1.165, 1.54) is 18.5 Å². The van der Waals surface area contributed by atoms with Gasteiger partial charge in [-0.05, 0) is 37.6 Å². The lowest BCUT2D eigenvalue weighted by molar-refractivity contribution is -0.148. The molecule has 37 heavy (non-hydrogen) atoms. The van der Waals surface area contributed by atoms with Gasteiger partial charge in [0, 0.05) is 23.2 Å². The van der Waals surface area contributed by atoms with Gasteiger partial charge in [0.15, 0.2) is 5.78 Å². The van der Waals surface area contributed by atoms with Crippen LogP contribution < -0.4 is 5.32 Å². The lowest BCUT2D eigenvalue weighted by atomic mass is 9.85. The second kappa shape index (κ2) is 9.37. The monoisotopic (exact) mass is 514 g/mol. The van der Waals surface area contributed by atoms with E-state index >= 15 is 0 Å². The quantitative estimate of drug-likeness (QED) is 0.400. The minimum absolute atomic E-state index is 0.113. The Labute approximate surface area is 215 Å². The van der Waals surface area contributed by atoms with Crippen LogP contribution in [0.3, 0.4) is 0 Å². The molecule has 1 aliphatic rings. The Balaban J connectivity index is 1.66. The molecule has 2 atom stereocenters. The predicted octanol–water partition coefficient (Wildman–Crippen LogP) is 4.76. The normalized spacial score (nSPS) is 18.4. The summed E-state index contributed by atoms with van der Waals surface area (Å²) in [5.74, 6) is -0.829. The molecule has 7 nitrogen and oxygen atoms in total. The number of benzene rings is 3. The van der Waals surface area contributed by atoms with Crippen molar-refractivity contribution in [3.05, 3.63) is 114 Å². The molecule has 0 bridgehead atoms. The molecule has 1 amide bonds. The van der Waals surface area contributed by atoms with E-state index in [9.17, 15) is 18.0 Å². The maximum absolute atomic E-state index is 13.9. The van der Waals surface area contributed by atoms with Gasteiger partial charge in [0.05, 0.1) is 29.1 Å². The van der Waals surface area contributed by atoms with Crippen LogP contribution >= 0.6 is 0 Å². The fourth-order valence-corrected chi connectivity index (χ4v) is 5.99. The zero-order valence-corrected chi connectivity index (χ0v) is 21.2. The summed E-state index contributed by atoms with van der Waals surface area (Å²) >= 11 is 0. The highest BCUT2D eigenvalue weighted by Crippen LogP contribution is 2.40. The second-order valence-electron chi connectivity index (χ2n) is 9.17. The van der Waals surface area contributed by atoms with Gasteiger partial charge >= 0.3 is 0 Å². The molecule has 1 N–H and O–H groups in total. The van der Waals surface area contributed by atoms with Crippen LogP contribution in [0.5, 0.6) is 0 Å². The molecule has 0 radical (unpaired) electrons. The van der Waals surface area contributed by atoms with Crippen molar-refractivity contribution in [2.24, 2.45) is 0 Å². The number of aryl methyl sites for hydroxylation is 1. The number of carbonyl (C=O) groups excluding carboxylic acids is 2. The first-order valence-electron chi connectivity index (χ1n) is 11.9. The van der Waals surface area contributed by atoms with E-state index in [-0.39, 0.29) is 23.1 Å². The first-order valence-corrected chi connectivity index (χ1v) is 13.3. The summed E-state index contributed by atoms with van der Waals surface area (Å²) in [7, 11) is -4.01. The Bertz CT molecular complexity index is 1620. The number of nitrogens with one attached hydrogen (secondary N) is 1. The number of amides is 1. The van der Waals surface area contributed by atoms with Crippen molar-refractivity contribution in [1.29, 1.82) is 0 Å². The van der Waals surface area contributed by atoms with Crippen LogP contribution in [-0.2, 0) is 30.0 Å². The molecule has 0 spiro atoms. The van der Waals surface area contributed by atoms with Gasteiger partial charge in [-0.3, -0.25) is 9.59 Å². The van der Waals surface area contributed by atoms with Crippen molar-refractivity contribution in [3.8, 4) is 0 Å². The molecule has 0 saturated heterocycles. The summed E-state index contributed by atoms with van der Waals surface area (Å²) in [6.45, 7) is 3.72. The van der Waals surface area contributed by atoms with Gasteiger partial charge in [-0.2, -0.15) is 0 Å². The van der Waals surface area contributed by atoms with Crippen LogP contribution in [-0.4, -0.2) is 24.1 Å². The van der Waals surface area contributed by atoms with Gasteiger partial charge in [-0.25, -0.2) is 12.4 Å². The number of rotatable bonds is 6. The average molecular weight is 515 g/mol. The molecule has 1 aromatic heterocycles. The van der Waals surface area contributed by atoms with Crippen LogP contribution in [0.15, 0.2) is 102 Å². The van der Waals surface area contributed by atoms with Gasteiger partial charge in [0.1, 0.15) is 0 Å². The van der Waals surface area contributed by atoms with Crippen LogP contribution in [0, 0.1) is 6.92 Å². The first-order chi connectivity index (χ1) is 17.7. The number of aromatic nitrogens is 1. The fourth-order valence-electron chi connectivity index (χ4n) is 4.62. The van der Waals surface area contributed by atoms with E-state index in [0.29, 0.717) is 16.5 Å². The Morgan fingerprint density at radius 1 is 1.00 bits per heavy atom. The minimum atomic E-state index is -4.01. The number of carbonyl (C=O) groups is 2. The van der Waals surface area contributed by atoms with Crippen molar-refractivity contribution < 1.29 is 22.7 Å². The number of para-hydroxylation sites is 1. The van der Waals surface area contributed by atoms with E-state index in [4.69, 9.17) is 4.74 Å². The summed E-state index contributed by atoms with van der Waals surface area (Å²) in [6, 6.07) is 22.5. The Kier molecular flexibility index (Phi) is 6.21. The molecule has 2 heterocycles. The van der Waals surface area contributed by atoms with Crippen molar-refractivity contribution >= 4 is 32.6 Å². The molecular formula is C29H26N2O5S. The maximum Gasteiger partial charge on any atom is 0.269 e. The van der Waals surface area contributed by atoms with Crippen molar-refractivity contribution in [1.82, 2.24) is 9.29 Å². The van der Waals surface area contributed by atoms with Crippen LogP contribution in [0.2, 0.25) is 0 Å². The number of ketones is 1. The summed E-state index contributed by atoms with van der Waals surface area (Å²) in [6.07, 6.45) is 3.61. The fraction of sp³-hybridized carbons (Fsp3) is 0.172. The summed E-state index contributed by atoms with van der Waals surface area (Å²) < 4.78 is 34.5. The number of hydrogen-bond donors (Lipinski definition) is 1. The number of ether oxygens (including phenoxy) is 1. The second-order valence-corrected chi connectivity index (χ2v) is 11.0.